The molecule has 4 rings (SSSR count). The highest BCUT2D eigenvalue weighted by Gasteiger charge is 2.37. The second kappa shape index (κ2) is 9.47. The molecule has 2 atom stereocenters. The minimum Gasteiger partial charge on any atom is -0.447 e. The number of alkyl halides is 3. The Hall–Kier alpha value is -3.76. The second-order valence-corrected chi connectivity index (χ2v) is 8.71. The van der Waals surface area contributed by atoms with E-state index in [1.165, 1.54) is 11.0 Å². The highest BCUT2D eigenvalue weighted by Crippen LogP contribution is 2.32. The van der Waals surface area contributed by atoms with Gasteiger partial charge in [0.15, 0.2) is 0 Å². The van der Waals surface area contributed by atoms with Crippen LogP contribution in [0.2, 0.25) is 0 Å². The Morgan fingerprint density at radius 1 is 1.11 bits per heavy atom. The minimum absolute atomic E-state index is 0.120. The zero-order valence-corrected chi connectivity index (χ0v) is 19.7. The number of halogens is 3. The first-order chi connectivity index (χ1) is 16.5. The second-order valence-electron chi connectivity index (χ2n) is 8.71. The number of nitrogens with zero attached hydrogens (tertiary/aromatic N) is 5. The fourth-order valence-corrected chi connectivity index (χ4v) is 3.88. The van der Waals surface area contributed by atoms with E-state index in [1.54, 1.807) is 24.5 Å². The Kier molecular flexibility index (Phi) is 6.60. The van der Waals surface area contributed by atoms with Gasteiger partial charge >= 0.3 is 12.3 Å². The molecule has 0 saturated carbocycles. The Bertz CT molecular complexity index is 1230. The lowest BCUT2D eigenvalue weighted by Crippen LogP contribution is -2.37. The lowest BCUT2D eigenvalue weighted by molar-refractivity contribution is -0.141. The molecule has 1 aliphatic heterocycles. The highest BCUT2D eigenvalue weighted by atomic mass is 19.4. The van der Waals surface area contributed by atoms with Gasteiger partial charge in [-0.3, -0.25) is 14.9 Å². The van der Waals surface area contributed by atoms with Crippen LogP contribution in [0.15, 0.2) is 42.9 Å². The van der Waals surface area contributed by atoms with Crippen molar-refractivity contribution >= 4 is 17.9 Å². The molecule has 184 valence electrons. The number of carbonyl (C=O) groups is 1. The molecular weight excluding hydrogens is 461 g/mol. The molecule has 1 fully saturated rings. The summed E-state index contributed by atoms with van der Waals surface area (Å²) in [6, 6.07) is 5.56. The number of hydrogen-bond donors (Lipinski definition) is 1. The topological polar surface area (TPSA) is 93.1 Å². The summed E-state index contributed by atoms with van der Waals surface area (Å²) in [5.41, 5.74) is 1.44. The molecule has 11 heteroatoms. The molecule has 0 radical (unpaired) electrons. The largest absolute Gasteiger partial charge is 0.447 e. The van der Waals surface area contributed by atoms with E-state index in [4.69, 9.17) is 4.74 Å². The standard InChI is InChI=1S/C24H25F3N6O2/c1-13(2)19-12-35-23(34)33(19)21-6-8-29-22(32-21)31-15(4)18-9-14(3)17(11-30-18)16-5-7-28-20(10-16)24(25,26)27/h5-11,13,15,19H,12H2,1-4H3,(H,29,31,32)/t15-,19?/m0/s1. The smallest absolute Gasteiger partial charge is 0.433 e. The fraction of sp³-hybridized carbons (Fsp3) is 0.375. The van der Waals surface area contributed by atoms with E-state index >= 15 is 0 Å². The number of carbonyl (C=O) groups excluding carboxylic acids is 1. The van der Waals surface area contributed by atoms with Crippen molar-refractivity contribution in [2.24, 2.45) is 5.92 Å². The quantitative estimate of drug-likeness (QED) is 0.498. The summed E-state index contributed by atoms with van der Waals surface area (Å²) in [6.07, 6.45) is -0.725. The van der Waals surface area contributed by atoms with Gasteiger partial charge in [0, 0.05) is 24.2 Å². The first-order valence-corrected chi connectivity index (χ1v) is 11.1. The van der Waals surface area contributed by atoms with Gasteiger partial charge in [-0.15, -0.1) is 0 Å². The molecule has 3 aromatic rings. The monoisotopic (exact) mass is 486 g/mol. The lowest BCUT2D eigenvalue weighted by Gasteiger charge is -2.23. The third-order valence-electron chi connectivity index (χ3n) is 5.85. The predicted octanol–water partition coefficient (Wildman–Crippen LogP) is 5.42. The summed E-state index contributed by atoms with van der Waals surface area (Å²) in [5.74, 6) is 0.934. The number of hydrogen-bond acceptors (Lipinski definition) is 7. The number of aromatic nitrogens is 4. The number of amides is 1. The van der Waals surface area contributed by atoms with Crippen LogP contribution >= 0.6 is 0 Å². The number of anilines is 2. The number of aryl methyl sites for hydroxylation is 1. The molecule has 1 amide bonds. The van der Waals surface area contributed by atoms with E-state index in [9.17, 15) is 18.0 Å². The number of nitrogens with one attached hydrogen (secondary N) is 1. The average Bonchev–Trinajstić information content (AvgIpc) is 3.20. The summed E-state index contributed by atoms with van der Waals surface area (Å²) in [6.45, 7) is 8.00. The summed E-state index contributed by atoms with van der Waals surface area (Å²) < 4.78 is 44.3. The van der Waals surface area contributed by atoms with E-state index < -0.39 is 18.0 Å². The first kappa shape index (κ1) is 24.4. The zero-order valence-electron chi connectivity index (χ0n) is 19.7. The number of cyclic esters (lactones) is 1. The average molecular weight is 486 g/mol. The van der Waals surface area contributed by atoms with Gasteiger partial charge in [-0.05, 0) is 55.2 Å². The molecule has 0 spiro atoms. The third kappa shape index (κ3) is 5.18. The van der Waals surface area contributed by atoms with E-state index in [0.29, 0.717) is 35.2 Å². The van der Waals surface area contributed by atoms with Gasteiger partial charge in [0.25, 0.3) is 0 Å². The zero-order chi connectivity index (χ0) is 25.3. The van der Waals surface area contributed by atoms with Crippen LogP contribution in [0.5, 0.6) is 0 Å². The van der Waals surface area contributed by atoms with Gasteiger partial charge in [-0.1, -0.05) is 13.8 Å². The molecule has 8 nitrogen and oxygen atoms in total. The summed E-state index contributed by atoms with van der Waals surface area (Å²) in [5, 5.41) is 3.17. The number of rotatable bonds is 6. The van der Waals surface area contributed by atoms with Crippen LogP contribution in [0.3, 0.4) is 0 Å². The molecule has 1 unspecified atom stereocenters. The predicted molar refractivity (Wildman–Crippen MR) is 124 cm³/mol. The van der Waals surface area contributed by atoms with Crippen LogP contribution in [-0.4, -0.2) is 38.7 Å². The Labute approximate surface area is 200 Å². The van der Waals surface area contributed by atoms with E-state index in [2.05, 4.69) is 25.3 Å². The molecule has 35 heavy (non-hydrogen) atoms. The Morgan fingerprint density at radius 3 is 2.54 bits per heavy atom. The van der Waals surface area contributed by atoms with E-state index in [1.807, 2.05) is 27.7 Å². The van der Waals surface area contributed by atoms with Crippen molar-refractivity contribution in [3.63, 3.8) is 0 Å². The van der Waals surface area contributed by atoms with Gasteiger partial charge in [0.2, 0.25) is 5.95 Å². The lowest BCUT2D eigenvalue weighted by atomic mass is 10.0. The summed E-state index contributed by atoms with van der Waals surface area (Å²) in [7, 11) is 0. The van der Waals surface area contributed by atoms with E-state index in [-0.39, 0.29) is 18.0 Å². The highest BCUT2D eigenvalue weighted by molar-refractivity contribution is 5.89. The molecule has 3 aromatic heterocycles. The van der Waals surface area contributed by atoms with Gasteiger partial charge < -0.3 is 10.1 Å². The Morgan fingerprint density at radius 2 is 1.86 bits per heavy atom. The van der Waals surface area contributed by atoms with Gasteiger partial charge in [0.05, 0.1) is 17.8 Å². The molecule has 1 saturated heterocycles. The molecule has 1 N–H and O–H groups in total. The summed E-state index contributed by atoms with van der Waals surface area (Å²) in [4.78, 5) is 30.4. The van der Waals surface area contributed by atoms with Crippen molar-refractivity contribution in [1.29, 1.82) is 0 Å². The maximum absolute atomic E-state index is 13.0. The van der Waals surface area contributed by atoms with Crippen molar-refractivity contribution in [3.05, 3.63) is 59.8 Å². The van der Waals surface area contributed by atoms with Crippen LogP contribution in [0.25, 0.3) is 11.1 Å². The number of ether oxygens (including phenoxy) is 1. The molecule has 0 bridgehead atoms. The van der Waals surface area contributed by atoms with Crippen LogP contribution in [0.4, 0.5) is 29.7 Å². The summed E-state index contributed by atoms with van der Waals surface area (Å²) >= 11 is 0. The fourth-order valence-electron chi connectivity index (χ4n) is 3.88. The van der Waals surface area contributed by atoms with Crippen LogP contribution < -0.4 is 10.2 Å². The maximum atomic E-state index is 13.0. The van der Waals surface area contributed by atoms with Gasteiger partial charge in [0.1, 0.15) is 18.1 Å². The van der Waals surface area contributed by atoms with Crippen molar-refractivity contribution in [3.8, 4) is 11.1 Å². The van der Waals surface area contributed by atoms with Crippen LogP contribution in [0, 0.1) is 12.8 Å². The van der Waals surface area contributed by atoms with Crippen molar-refractivity contribution < 1.29 is 22.7 Å². The molecular formula is C24H25F3N6O2. The first-order valence-electron chi connectivity index (χ1n) is 11.1. The normalized spacial score (nSPS) is 17.0. The van der Waals surface area contributed by atoms with Gasteiger partial charge in [-0.25, -0.2) is 9.78 Å². The third-order valence-corrected chi connectivity index (χ3v) is 5.85. The molecule has 0 aromatic carbocycles. The SMILES string of the molecule is Cc1cc([C@H](C)Nc2nccc(N3C(=O)OCC3C(C)C)n2)ncc1-c1ccnc(C(F)(F)F)c1. The van der Waals surface area contributed by atoms with E-state index in [0.717, 1.165) is 17.8 Å². The Balaban J connectivity index is 1.54. The number of pyridine rings is 2. The van der Waals surface area contributed by atoms with Crippen LogP contribution in [-0.2, 0) is 10.9 Å². The molecule has 4 heterocycles. The van der Waals surface area contributed by atoms with Gasteiger partial charge in [-0.2, -0.15) is 18.2 Å². The molecule has 0 aliphatic carbocycles. The van der Waals surface area contributed by atoms with Crippen molar-refractivity contribution in [2.75, 3.05) is 16.8 Å². The van der Waals surface area contributed by atoms with Crippen molar-refractivity contribution in [2.45, 2.75) is 46.0 Å². The van der Waals surface area contributed by atoms with Crippen LogP contribution in [0.1, 0.15) is 43.8 Å². The maximum Gasteiger partial charge on any atom is 0.433 e. The van der Waals surface area contributed by atoms with Crippen molar-refractivity contribution in [1.82, 2.24) is 19.9 Å². The minimum atomic E-state index is -4.52. The molecule has 1 aliphatic rings.